The summed E-state index contributed by atoms with van der Waals surface area (Å²) < 4.78 is 6.39. The summed E-state index contributed by atoms with van der Waals surface area (Å²) >= 11 is 0. The van der Waals surface area contributed by atoms with Crippen molar-refractivity contribution in [3.05, 3.63) is 36.0 Å². The van der Waals surface area contributed by atoms with Gasteiger partial charge in [-0.25, -0.2) is 0 Å². The Morgan fingerprint density at radius 2 is 2.20 bits per heavy atom. The predicted octanol–water partition coefficient (Wildman–Crippen LogP) is 4.88. The van der Waals surface area contributed by atoms with E-state index in [1.165, 1.54) is 37.7 Å². The fourth-order valence-electron chi connectivity index (χ4n) is 7.29. The van der Waals surface area contributed by atoms with E-state index in [4.69, 9.17) is 9.94 Å². The van der Waals surface area contributed by atoms with Crippen LogP contribution in [0.2, 0.25) is 0 Å². The zero-order chi connectivity index (χ0) is 17.1. The van der Waals surface area contributed by atoms with Crippen LogP contribution in [0.15, 0.2) is 41.1 Å². The Morgan fingerprint density at radius 1 is 1.28 bits per heavy atom. The Morgan fingerprint density at radius 3 is 2.96 bits per heavy atom. The minimum Gasteiger partial charge on any atom is -0.411 e. The van der Waals surface area contributed by atoms with Crippen LogP contribution in [0, 0.1) is 29.1 Å². The summed E-state index contributed by atoms with van der Waals surface area (Å²) in [5.74, 6) is 2.87. The summed E-state index contributed by atoms with van der Waals surface area (Å²) in [5.41, 5.74) is 2.59. The molecule has 25 heavy (non-hydrogen) atoms. The van der Waals surface area contributed by atoms with Crippen LogP contribution in [-0.2, 0) is 4.74 Å². The van der Waals surface area contributed by atoms with E-state index in [0.717, 1.165) is 37.0 Å². The first-order valence-electron chi connectivity index (χ1n) is 10.2. The molecule has 0 aromatic heterocycles. The molecule has 0 amide bonds. The van der Waals surface area contributed by atoms with E-state index in [2.05, 4.69) is 42.5 Å². The highest BCUT2D eigenvalue weighted by molar-refractivity contribution is 5.96. The largest absolute Gasteiger partial charge is 0.411 e. The maximum Gasteiger partial charge on any atom is 0.0926 e. The van der Waals surface area contributed by atoms with Crippen LogP contribution in [0.3, 0.4) is 0 Å². The summed E-state index contributed by atoms with van der Waals surface area (Å²) in [6.07, 6.45) is 20.0. The summed E-state index contributed by atoms with van der Waals surface area (Å²) in [5, 5.41) is 12.6. The fraction of sp³-hybridized carbons (Fsp3) is 0.682. The van der Waals surface area contributed by atoms with Crippen LogP contribution in [0.5, 0.6) is 0 Å². The summed E-state index contributed by atoms with van der Waals surface area (Å²) in [4.78, 5) is 0. The molecule has 134 valence electrons. The minimum atomic E-state index is 0.0185. The highest BCUT2D eigenvalue weighted by atomic mass is 16.5. The van der Waals surface area contributed by atoms with Crippen molar-refractivity contribution in [2.24, 2.45) is 34.2 Å². The standard InChI is InChI=1S/C22H29NO2/c1-2-21-11-8-18-17-7-5-16(23-24)14-15(17)4-6-19(18)20(21)9-12-22(21)10-3-13-25-22/h3-4,6,10,14,17-20,24H,2,5,7-9,11-13H2,1H3/t17-,18?,19?,20?,21-,22-/m0/s1. The van der Waals surface area contributed by atoms with E-state index < -0.39 is 0 Å². The molecular weight excluding hydrogens is 310 g/mol. The maximum absolute atomic E-state index is 9.12. The number of nitrogens with zero attached hydrogens (tertiary/aromatic N) is 1. The highest BCUT2D eigenvalue weighted by Crippen LogP contribution is 2.67. The summed E-state index contributed by atoms with van der Waals surface area (Å²) in [6.45, 7) is 3.19. The predicted molar refractivity (Wildman–Crippen MR) is 98.7 cm³/mol. The molecule has 0 aromatic rings. The normalized spacial score (nSPS) is 49.2. The Hall–Kier alpha value is -1.35. The molecule has 0 bridgehead atoms. The molecule has 6 atom stereocenters. The first-order valence-corrected chi connectivity index (χ1v) is 10.2. The maximum atomic E-state index is 9.12. The van der Waals surface area contributed by atoms with Crippen LogP contribution >= 0.6 is 0 Å². The smallest absolute Gasteiger partial charge is 0.0926 e. The number of allylic oxidation sites excluding steroid dienone is 4. The molecule has 3 heteroatoms. The van der Waals surface area contributed by atoms with Crippen molar-refractivity contribution < 1.29 is 9.94 Å². The average molecular weight is 339 g/mol. The third kappa shape index (κ3) is 1.99. The van der Waals surface area contributed by atoms with E-state index in [1.54, 1.807) is 0 Å². The number of rotatable bonds is 1. The molecule has 0 aromatic carbocycles. The Bertz CT molecular complexity index is 690. The van der Waals surface area contributed by atoms with Gasteiger partial charge in [-0.05, 0) is 80.3 Å². The SMILES string of the molecule is CC[C@]12CCC3C(C=CC4=CC(=NO)CC[C@@H]43)C1CC[C@@]21C=CCO1. The monoisotopic (exact) mass is 339 g/mol. The lowest BCUT2D eigenvalue weighted by molar-refractivity contribution is -0.112. The number of ether oxygens (including phenoxy) is 1. The van der Waals surface area contributed by atoms with Crippen molar-refractivity contribution in [3.63, 3.8) is 0 Å². The van der Waals surface area contributed by atoms with E-state index in [1.807, 2.05) is 0 Å². The van der Waals surface area contributed by atoms with Crippen LogP contribution in [-0.4, -0.2) is 23.1 Å². The van der Waals surface area contributed by atoms with Gasteiger partial charge in [0.25, 0.3) is 0 Å². The topological polar surface area (TPSA) is 41.8 Å². The first kappa shape index (κ1) is 15.9. The first-order chi connectivity index (χ1) is 12.2. The Labute approximate surface area is 150 Å². The molecule has 2 saturated carbocycles. The molecule has 1 aliphatic heterocycles. The molecule has 1 spiro atoms. The number of hydrogen-bond acceptors (Lipinski definition) is 3. The van der Waals surface area contributed by atoms with E-state index in [-0.39, 0.29) is 5.60 Å². The van der Waals surface area contributed by atoms with E-state index in [0.29, 0.717) is 17.3 Å². The van der Waals surface area contributed by atoms with Crippen molar-refractivity contribution in [2.45, 2.75) is 57.5 Å². The van der Waals surface area contributed by atoms with Crippen LogP contribution in [0.1, 0.15) is 51.9 Å². The molecule has 3 nitrogen and oxygen atoms in total. The van der Waals surface area contributed by atoms with Crippen molar-refractivity contribution in [1.29, 1.82) is 0 Å². The number of oxime groups is 1. The molecule has 5 rings (SSSR count). The van der Waals surface area contributed by atoms with Crippen molar-refractivity contribution in [1.82, 2.24) is 0 Å². The van der Waals surface area contributed by atoms with Gasteiger partial charge in [0.2, 0.25) is 0 Å². The number of hydrogen-bond donors (Lipinski definition) is 1. The third-order valence-corrected chi connectivity index (χ3v) is 8.35. The number of fused-ring (bicyclic) bond motifs is 6. The third-order valence-electron chi connectivity index (χ3n) is 8.35. The van der Waals surface area contributed by atoms with Gasteiger partial charge in [0, 0.05) is 5.41 Å². The van der Waals surface area contributed by atoms with Gasteiger partial charge in [0.15, 0.2) is 0 Å². The van der Waals surface area contributed by atoms with Gasteiger partial charge in [-0.15, -0.1) is 0 Å². The molecular formula is C22H29NO2. The molecule has 1 N–H and O–H groups in total. The second-order valence-electron chi connectivity index (χ2n) is 8.78. The second-order valence-corrected chi connectivity index (χ2v) is 8.78. The minimum absolute atomic E-state index is 0.0185. The van der Waals surface area contributed by atoms with Gasteiger partial charge in [0.1, 0.15) is 0 Å². The second kappa shape index (κ2) is 5.57. The zero-order valence-electron chi connectivity index (χ0n) is 15.2. The average Bonchev–Trinajstić information content (AvgIpc) is 3.27. The molecule has 0 saturated heterocycles. The van der Waals surface area contributed by atoms with Gasteiger partial charge in [0.05, 0.1) is 17.9 Å². The van der Waals surface area contributed by atoms with Crippen LogP contribution in [0.4, 0.5) is 0 Å². The van der Waals surface area contributed by atoms with E-state index >= 15 is 0 Å². The van der Waals surface area contributed by atoms with Gasteiger partial charge in [-0.2, -0.15) is 0 Å². The van der Waals surface area contributed by atoms with Gasteiger partial charge < -0.3 is 9.94 Å². The summed E-state index contributed by atoms with van der Waals surface area (Å²) in [7, 11) is 0. The van der Waals surface area contributed by atoms with Gasteiger partial charge in [-0.1, -0.05) is 36.4 Å². The van der Waals surface area contributed by atoms with Crippen molar-refractivity contribution in [2.75, 3.05) is 6.61 Å². The quantitative estimate of drug-likeness (QED) is 0.420. The lowest BCUT2D eigenvalue weighted by Crippen LogP contribution is -2.52. The highest BCUT2D eigenvalue weighted by Gasteiger charge is 2.64. The molecule has 5 aliphatic rings. The zero-order valence-corrected chi connectivity index (χ0v) is 15.2. The van der Waals surface area contributed by atoms with Crippen LogP contribution < -0.4 is 0 Å². The Kier molecular flexibility index (Phi) is 3.54. The van der Waals surface area contributed by atoms with E-state index in [9.17, 15) is 0 Å². The molecule has 1 heterocycles. The van der Waals surface area contributed by atoms with Crippen LogP contribution in [0.25, 0.3) is 0 Å². The molecule has 2 fully saturated rings. The molecule has 4 aliphatic carbocycles. The fourth-order valence-corrected chi connectivity index (χ4v) is 7.29. The van der Waals surface area contributed by atoms with Crippen molar-refractivity contribution in [3.8, 4) is 0 Å². The summed E-state index contributed by atoms with van der Waals surface area (Å²) in [6, 6.07) is 0. The molecule has 3 unspecified atom stereocenters. The Balaban J connectivity index is 1.52. The van der Waals surface area contributed by atoms with Crippen molar-refractivity contribution >= 4 is 5.71 Å². The van der Waals surface area contributed by atoms with Gasteiger partial charge in [-0.3, -0.25) is 0 Å². The molecule has 0 radical (unpaired) electrons. The van der Waals surface area contributed by atoms with Gasteiger partial charge >= 0.3 is 0 Å². The lowest BCUT2D eigenvalue weighted by Gasteiger charge is -2.55. The lowest BCUT2D eigenvalue weighted by atomic mass is 9.51.